The molecule has 100 valence electrons. The lowest BCUT2D eigenvalue weighted by molar-refractivity contribution is 0.370. The van der Waals surface area contributed by atoms with Crippen LogP contribution < -0.4 is 5.32 Å². The molecule has 3 heteroatoms. The molecule has 1 heterocycles. The highest BCUT2D eigenvalue weighted by atomic mass is 32.2. The number of hydrogen-bond acceptors (Lipinski definition) is 2. The van der Waals surface area contributed by atoms with Gasteiger partial charge in [-0.05, 0) is 30.2 Å². The van der Waals surface area contributed by atoms with Gasteiger partial charge in [0.05, 0.1) is 0 Å². The first kappa shape index (κ1) is 12.8. The van der Waals surface area contributed by atoms with Crippen LogP contribution in [0.2, 0.25) is 0 Å². The highest BCUT2D eigenvalue weighted by Crippen LogP contribution is 2.29. The van der Waals surface area contributed by atoms with E-state index in [1.807, 2.05) is 0 Å². The molecule has 1 aliphatic rings. The highest BCUT2D eigenvalue weighted by Gasteiger charge is 2.32. The Morgan fingerprint density at radius 3 is 2.68 bits per heavy atom. The maximum absolute atomic E-state index is 12.1. The lowest BCUT2D eigenvalue weighted by atomic mass is 9.97. The van der Waals surface area contributed by atoms with Crippen LogP contribution in [0.3, 0.4) is 0 Å². The molecule has 0 saturated carbocycles. The van der Waals surface area contributed by atoms with E-state index in [4.69, 9.17) is 0 Å². The van der Waals surface area contributed by atoms with Crippen molar-refractivity contribution >= 4 is 21.6 Å². The second-order valence-electron chi connectivity index (χ2n) is 5.90. The summed E-state index contributed by atoms with van der Waals surface area (Å²) in [5.41, 5.74) is 1.20. The van der Waals surface area contributed by atoms with Gasteiger partial charge in [0.15, 0.2) is 0 Å². The minimum absolute atomic E-state index is 0.0648. The molecule has 1 saturated heterocycles. The van der Waals surface area contributed by atoms with Gasteiger partial charge in [-0.1, -0.05) is 42.5 Å². The van der Waals surface area contributed by atoms with Crippen LogP contribution in [-0.2, 0) is 10.8 Å². The van der Waals surface area contributed by atoms with E-state index in [1.165, 1.54) is 16.3 Å². The molecule has 0 aromatic heterocycles. The molecule has 3 rings (SSSR count). The van der Waals surface area contributed by atoms with Crippen molar-refractivity contribution in [3.63, 3.8) is 0 Å². The third kappa shape index (κ3) is 2.58. The van der Waals surface area contributed by atoms with Crippen LogP contribution in [0.5, 0.6) is 0 Å². The highest BCUT2D eigenvalue weighted by molar-refractivity contribution is 7.85. The number of benzene rings is 2. The lowest BCUT2D eigenvalue weighted by Crippen LogP contribution is -2.52. The summed E-state index contributed by atoms with van der Waals surface area (Å²) in [5, 5.41) is 6.15. The van der Waals surface area contributed by atoms with E-state index < -0.39 is 10.8 Å². The topological polar surface area (TPSA) is 29.1 Å². The van der Waals surface area contributed by atoms with Gasteiger partial charge in [0, 0.05) is 33.9 Å². The van der Waals surface area contributed by atoms with Crippen molar-refractivity contribution < 1.29 is 4.21 Å². The Morgan fingerprint density at radius 2 is 1.89 bits per heavy atom. The van der Waals surface area contributed by atoms with Gasteiger partial charge in [0.1, 0.15) is 0 Å². The Morgan fingerprint density at radius 1 is 1.16 bits per heavy atom. The van der Waals surface area contributed by atoms with Gasteiger partial charge >= 0.3 is 0 Å². The zero-order valence-electron chi connectivity index (χ0n) is 11.3. The molecule has 0 bridgehead atoms. The number of hydrogen-bond donors (Lipinski definition) is 1. The average molecular weight is 273 g/mol. The first-order valence-corrected chi connectivity index (χ1v) is 8.14. The molecule has 19 heavy (non-hydrogen) atoms. The molecule has 2 aromatic rings. The van der Waals surface area contributed by atoms with E-state index in [1.54, 1.807) is 0 Å². The van der Waals surface area contributed by atoms with E-state index in [0.717, 1.165) is 5.75 Å². The smallest absolute Gasteiger partial charge is 0.0447 e. The molecule has 1 fully saturated rings. The van der Waals surface area contributed by atoms with Gasteiger partial charge in [0.25, 0.3) is 0 Å². The standard InChI is InChI=1S/C16H19NOS/c1-16(2)11-19(18)10-15(17-16)14-9-5-7-12-6-3-4-8-13(12)14/h3-9,15,17H,10-11H2,1-2H3. The van der Waals surface area contributed by atoms with E-state index in [0.29, 0.717) is 5.75 Å². The minimum atomic E-state index is -0.746. The molecule has 1 aliphatic heterocycles. The Labute approximate surface area is 116 Å². The zero-order valence-corrected chi connectivity index (χ0v) is 12.2. The molecule has 0 radical (unpaired) electrons. The van der Waals surface area contributed by atoms with Crippen molar-refractivity contribution in [3.8, 4) is 0 Å². The third-order valence-corrected chi connectivity index (χ3v) is 5.39. The van der Waals surface area contributed by atoms with E-state index in [9.17, 15) is 4.21 Å². The summed E-state index contributed by atoms with van der Waals surface area (Å²) in [6, 6.07) is 14.9. The van der Waals surface area contributed by atoms with Gasteiger partial charge in [-0.25, -0.2) is 0 Å². The fraction of sp³-hybridized carbons (Fsp3) is 0.375. The minimum Gasteiger partial charge on any atom is -0.303 e. The van der Waals surface area contributed by atoms with Gasteiger partial charge in [-0.2, -0.15) is 0 Å². The van der Waals surface area contributed by atoms with E-state index >= 15 is 0 Å². The summed E-state index contributed by atoms with van der Waals surface area (Å²) >= 11 is 0. The van der Waals surface area contributed by atoms with E-state index in [2.05, 4.69) is 61.6 Å². The SMILES string of the molecule is CC1(C)CS(=O)CC(c2cccc3ccccc23)N1. The average Bonchev–Trinajstić information content (AvgIpc) is 2.35. The Balaban J connectivity index is 2.07. The molecule has 0 amide bonds. The van der Waals surface area contributed by atoms with Crippen molar-refractivity contribution in [2.45, 2.75) is 25.4 Å². The van der Waals surface area contributed by atoms with Gasteiger partial charge in [-0.3, -0.25) is 4.21 Å². The first-order valence-electron chi connectivity index (χ1n) is 6.65. The number of fused-ring (bicyclic) bond motifs is 1. The van der Waals surface area contributed by atoms with Crippen LogP contribution in [0.4, 0.5) is 0 Å². The predicted molar refractivity (Wildman–Crippen MR) is 81.8 cm³/mol. The van der Waals surface area contributed by atoms with Crippen molar-refractivity contribution in [1.82, 2.24) is 5.32 Å². The Hall–Kier alpha value is -1.19. The van der Waals surface area contributed by atoms with Gasteiger partial charge in [0.2, 0.25) is 0 Å². The second-order valence-corrected chi connectivity index (χ2v) is 7.40. The summed E-state index contributed by atoms with van der Waals surface area (Å²) in [6.07, 6.45) is 0. The maximum atomic E-state index is 12.1. The van der Waals surface area contributed by atoms with Crippen molar-refractivity contribution in [2.75, 3.05) is 11.5 Å². The summed E-state index contributed by atoms with van der Waals surface area (Å²) in [4.78, 5) is 0. The normalized spacial score (nSPS) is 26.4. The largest absolute Gasteiger partial charge is 0.303 e. The lowest BCUT2D eigenvalue weighted by Gasteiger charge is -2.37. The monoisotopic (exact) mass is 273 g/mol. The fourth-order valence-electron chi connectivity index (χ4n) is 2.92. The molecule has 2 atom stereocenters. The molecular weight excluding hydrogens is 254 g/mol. The van der Waals surface area contributed by atoms with Crippen molar-refractivity contribution in [2.24, 2.45) is 0 Å². The van der Waals surface area contributed by atoms with E-state index in [-0.39, 0.29) is 11.6 Å². The molecular formula is C16H19NOS. The zero-order chi connectivity index (χ0) is 13.5. The van der Waals surface area contributed by atoms with Crippen LogP contribution in [0.1, 0.15) is 25.5 Å². The molecule has 2 nitrogen and oxygen atoms in total. The van der Waals surface area contributed by atoms with Crippen molar-refractivity contribution in [3.05, 3.63) is 48.0 Å². The van der Waals surface area contributed by atoms with Crippen LogP contribution in [0.25, 0.3) is 10.8 Å². The second kappa shape index (κ2) is 4.73. The quantitative estimate of drug-likeness (QED) is 0.865. The van der Waals surface area contributed by atoms with Crippen LogP contribution in [-0.4, -0.2) is 21.3 Å². The Bertz CT molecular complexity index is 630. The summed E-state index contributed by atoms with van der Waals surface area (Å²) in [5.74, 6) is 1.44. The van der Waals surface area contributed by atoms with Crippen LogP contribution >= 0.6 is 0 Å². The molecule has 2 aromatic carbocycles. The van der Waals surface area contributed by atoms with Gasteiger partial charge < -0.3 is 5.32 Å². The fourth-order valence-corrected chi connectivity index (χ4v) is 4.56. The number of rotatable bonds is 1. The molecule has 2 unspecified atom stereocenters. The molecule has 0 aliphatic carbocycles. The maximum Gasteiger partial charge on any atom is 0.0447 e. The summed E-state index contributed by atoms with van der Waals surface area (Å²) in [7, 11) is -0.746. The molecule has 0 spiro atoms. The molecule has 1 N–H and O–H groups in total. The van der Waals surface area contributed by atoms with Crippen LogP contribution in [0, 0.1) is 0 Å². The summed E-state index contributed by atoms with van der Waals surface area (Å²) < 4.78 is 12.1. The van der Waals surface area contributed by atoms with Crippen LogP contribution in [0.15, 0.2) is 42.5 Å². The third-order valence-electron chi connectivity index (χ3n) is 3.64. The predicted octanol–water partition coefficient (Wildman–Crippen LogP) is 3.01. The first-order chi connectivity index (χ1) is 9.05. The number of nitrogens with one attached hydrogen (secondary N) is 1. The Kier molecular flexibility index (Phi) is 3.19. The summed E-state index contributed by atoms with van der Waals surface area (Å²) in [6.45, 7) is 4.25. The van der Waals surface area contributed by atoms with Gasteiger partial charge in [-0.15, -0.1) is 0 Å². The van der Waals surface area contributed by atoms with Crippen molar-refractivity contribution in [1.29, 1.82) is 0 Å².